The maximum absolute atomic E-state index is 5.84. The first kappa shape index (κ1) is 22.3. The van der Waals surface area contributed by atoms with Crippen LogP contribution in [0.5, 0.6) is 0 Å². The van der Waals surface area contributed by atoms with Crippen molar-refractivity contribution in [1.29, 1.82) is 0 Å². The maximum Gasteiger partial charge on any atom is 0.169 e. The molecule has 4 heterocycles. The largest absolute Gasteiger partial charge is 0.384 e. The number of likely N-dealkylation sites (tertiary alicyclic amines) is 2. The molecule has 6 nitrogen and oxygen atoms in total. The van der Waals surface area contributed by atoms with Crippen LogP contribution in [0.2, 0.25) is 0 Å². The highest BCUT2D eigenvalue weighted by molar-refractivity contribution is 7.98. The molecule has 174 valence electrons. The van der Waals surface area contributed by atoms with E-state index < -0.39 is 0 Å². The Labute approximate surface area is 200 Å². The Morgan fingerprint density at radius 1 is 1.09 bits per heavy atom. The number of rotatable bonds is 6. The van der Waals surface area contributed by atoms with Crippen LogP contribution in [0, 0.1) is 5.92 Å². The molecule has 2 N–H and O–H groups in total. The van der Waals surface area contributed by atoms with E-state index in [1.54, 1.807) is 18.0 Å². The van der Waals surface area contributed by atoms with E-state index >= 15 is 0 Å². The Morgan fingerprint density at radius 3 is 2.58 bits per heavy atom. The number of anilines is 1. The van der Waals surface area contributed by atoms with Crippen molar-refractivity contribution in [1.82, 2.24) is 24.3 Å². The van der Waals surface area contributed by atoms with Crippen molar-refractivity contribution in [3.8, 4) is 0 Å². The Balaban J connectivity index is 1.16. The Kier molecular flexibility index (Phi) is 6.60. The van der Waals surface area contributed by atoms with E-state index in [1.165, 1.54) is 29.6 Å². The van der Waals surface area contributed by atoms with Crippen molar-refractivity contribution in [2.75, 3.05) is 38.2 Å². The molecule has 0 saturated carbocycles. The molecule has 0 atom stereocenters. The summed E-state index contributed by atoms with van der Waals surface area (Å²) in [5, 5.41) is 1.14. The van der Waals surface area contributed by atoms with Gasteiger partial charge in [0.1, 0.15) is 5.82 Å². The average molecular weight is 463 g/mol. The molecule has 0 amide bonds. The van der Waals surface area contributed by atoms with Gasteiger partial charge in [-0.2, -0.15) is 0 Å². The first-order valence-electron chi connectivity index (χ1n) is 12.0. The second-order valence-electron chi connectivity index (χ2n) is 9.31. The predicted octanol–water partition coefficient (Wildman–Crippen LogP) is 4.80. The zero-order valence-electron chi connectivity index (χ0n) is 19.5. The second-order valence-corrected chi connectivity index (χ2v) is 10.1. The number of fused-ring (bicyclic) bond motifs is 1. The van der Waals surface area contributed by atoms with Gasteiger partial charge >= 0.3 is 0 Å². The van der Waals surface area contributed by atoms with Crippen molar-refractivity contribution in [2.24, 2.45) is 5.92 Å². The molecule has 0 radical (unpaired) electrons. The summed E-state index contributed by atoms with van der Waals surface area (Å²) >= 11 is 1.75. The third kappa shape index (κ3) is 4.75. The van der Waals surface area contributed by atoms with Crippen LogP contribution < -0.4 is 5.73 Å². The molecule has 5 rings (SSSR count). The summed E-state index contributed by atoms with van der Waals surface area (Å²) in [6, 6.07) is 13.1. The lowest BCUT2D eigenvalue weighted by molar-refractivity contribution is 0.153. The van der Waals surface area contributed by atoms with Gasteiger partial charge in [0.25, 0.3) is 0 Å². The Hall–Kier alpha value is -2.51. The number of para-hydroxylation sites is 2. The van der Waals surface area contributed by atoms with E-state index in [4.69, 9.17) is 10.7 Å². The SMILES string of the molecule is C=C(C1CCN(Cc2ccnc(N)c2)CC1)N1CCC(n2c(SC)nc3ccccc32)CC1. The lowest BCUT2D eigenvalue weighted by Gasteiger charge is -2.41. The van der Waals surface area contributed by atoms with E-state index in [0.29, 0.717) is 17.8 Å². The highest BCUT2D eigenvalue weighted by atomic mass is 32.2. The normalized spacial score (nSPS) is 18.8. The number of piperidine rings is 2. The molecule has 7 heteroatoms. The van der Waals surface area contributed by atoms with Gasteiger partial charge in [0, 0.05) is 43.5 Å². The van der Waals surface area contributed by atoms with E-state index in [2.05, 4.69) is 62.5 Å². The first-order valence-corrected chi connectivity index (χ1v) is 13.2. The quantitative estimate of drug-likeness (QED) is 0.531. The van der Waals surface area contributed by atoms with Crippen molar-refractivity contribution in [2.45, 2.75) is 43.4 Å². The molecule has 0 aliphatic carbocycles. The third-order valence-electron chi connectivity index (χ3n) is 7.29. The number of thioether (sulfide) groups is 1. The monoisotopic (exact) mass is 462 g/mol. The minimum absolute atomic E-state index is 0.513. The zero-order chi connectivity index (χ0) is 22.8. The number of benzene rings is 1. The summed E-state index contributed by atoms with van der Waals surface area (Å²) in [4.78, 5) is 14.0. The molecule has 0 bridgehead atoms. The lowest BCUT2D eigenvalue weighted by Crippen LogP contribution is -2.40. The molecule has 0 unspecified atom stereocenters. The summed E-state index contributed by atoms with van der Waals surface area (Å²) in [7, 11) is 0. The Morgan fingerprint density at radius 2 is 1.85 bits per heavy atom. The highest BCUT2D eigenvalue weighted by Gasteiger charge is 2.29. The van der Waals surface area contributed by atoms with Crippen LogP contribution in [-0.4, -0.2) is 56.8 Å². The number of nitrogens with zero attached hydrogens (tertiary/aromatic N) is 5. The molecule has 2 fully saturated rings. The van der Waals surface area contributed by atoms with Gasteiger partial charge in [0.2, 0.25) is 0 Å². The van der Waals surface area contributed by atoms with Crippen LogP contribution in [0.3, 0.4) is 0 Å². The summed E-state index contributed by atoms with van der Waals surface area (Å²) < 4.78 is 2.48. The number of aromatic nitrogens is 3. The fraction of sp³-hybridized carbons (Fsp3) is 0.462. The van der Waals surface area contributed by atoms with Gasteiger partial charge in [-0.3, -0.25) is 4.90 Å². The smallest absolute Gasteiger partial charge is 0.169 e. The first-order chi connectivity index (χ1) is 16.1. The topological polar surface area (TPSA) is 63.2 Å². The van der Waals surface area contributed by atoms with Crippen LogP contribution in [0.4, 0.5) is 5.82 Å². The minimum Gasteiger partial charge on any atom is -0.384 e. The van der Waals surface area contributed by atoms with Gasteiger partial charge in [-0.15, -0.1) is 0 Å². The van der Waals surface area contributed by atoms with Gasteiger partial charge in [0.05, 0.1) is 11.0 Å². The number of nitrogens with two attached hydrogens (primary N) is 1. The van der Waals surface area contributed by atoms with E-state index in [0.717, 1.165) is 56.2 Å². The van der Waals surface area contributed by atoms with Crippen molar-refractivity contribution in [3.63, 3.8) is 0 Å². The average Bonchev–Trinajstić information content (AvgIpc) is 3.23. The standard InChI is InChI=1S/C26H34N6S/c1-19(21-8-13-30(14-9-21)18-20-7-12-28-25(27)17-20)31-15-10-22(11-16-31)32-24-6-4-3-5-23(24)29-26(32)33-2/h3-7,12,17,21-22H,1,8-11,13-16,18H2,2H3,(H2,27,28). The van der Waals surface area contributed by atoms with E-state index in [1.807, 2.05) is 6.07 Å². The van der Waals surface area contributed by atoms with Crippen LogP contribution in [0.25, 0.3) is 11.0 Å². The molecular weight excluding hydrogens is 428 g/mol. The number of hydrogen-bond acceptors (Lipinski definition) is 6. The number of allylic oxidation sites excluding steroid dienone is 1. The van der Waals surface area contributed by atoms with Gasteiger partial charge in [-0.25, -0.2) is 9.97 Å². The van der Waals surface area contributed by atoms with Crippen molar-refractivity contribution in [3.05, 3.63) is 60.4 Å². The molecule has 2 aromatic heterocycles. The van der Waals surface area contributed by atoms with Crippen LogP contribution in [-0.2, 0) is 6.54 Å². The summed E-state index contributed by atoms with van der Waals surface area (Å²) in [6.45, 7) is 9.90. The molecule has 3 aromatic rings. The molecule has 1 aromatic carbocycles. The minimum atomic E-state index is 0.513. The van der Waals surface area contributed by atoms with Gasteiger partial charge in [-0.05, 0) is 74.9 Å². The number of imidazole rings is 1. The molecule has 0 spiro atoms. The number of hydrogen-bond donors (Lipinski definition) is 1. The van der Waals surface area contributed by atoms with E-state index in [-0.39, 0.29) is 0 Å². The number of nitrogen functional groups attached to an aromatic ring is 1. The predicted molar refractivity (Wildman–Crippen MR) is 137 cm³/mol. The van der Waals surface area contributed by atoms with Crippen molar-refractivity contribution >= 4 is 28.6 Å². The fourth-order valence-corrected chi connectivity index (χ4v) is 6.10. The van der Waals surface area contributed by atoms with Gasteiger partial charge in [0.15, 0.2) is 5.16 Å². The van der Waals surface area contributed by atoms with E-state index in [9.17, 15) is 0 Å². The maximum atomic E-state index is 5.84. The third-order valence-corrected chi connectivity index (χ3v) is 7.95. The van der Waals surface area contributed by atoms with Crippen LogP contribution in [0.15, 0.2) is 60.0 Å². The van der Waals surface area contributed by atoms with Crippen molar-refractivity contribution < 1.29 is 0 Å². The van der Waals surface area contributed by atoms with Crippen LogP contribution in [0.1, 0.15) is 37.3 Å². The molecule has 2 saturated heterocycles. The summed E-state index contributed by atoms with van der Waals surface area (Å²) in [5.41, 5.74) is 10.8. The lowest BCUT2D eigenvalue weighted by atomic mass is 9.91. The highest BCUT2D eigenvalue weighted by Crippen LogP contribution is 2.35. The van der Waals surface area contributed by atoms with Crippen LogP contribution >= 0.6 is 11.8 Å². The number of pyridine rings is 1. The molecule has 2 aliphatic heterocycles. The van der Waals surface area contributed by atoms with Gasteiger partial charge in [-0.1, -0.05) is 30.5 Å². The summed E-state index contributed by atoms with van der Waals surface area (Å²) in [6.07, 6.45) is 8.59. The van der Waals surface area contributed by atoms with Gasteiger partial charge < -0.3 is 15.2 Å². The second kappa shape index (κ2) is 9.77. The molecule has 33 heavy (non-hydrogen) atoms. The Bertz CT molecular complexity index is 1110. The molecule has 2 aliphatic rings. The molecular formula is C26H34N6S. The zero-order valence-corrected chi connectivity index (χ0v) is 20.3. The fourth-order valence-electron chi connectivity index (χ4n) is 5.46. The summed E-state index contributed by atoms with van der Waals surface area (Å²) in [5.74, 6) is 1.20.